The number of halogens is 3. The van der Waals surface area contributed by atoms with Gasteiger partial charge in [-0.1, -0.05) is 12.1 Å². The molecule has 7 nitrogen and oxygen atoms in total. The Bertz CT molecular complexity index is 1080. The van der Waals surface area contributed by atoms with Crippen molar-refractivity contribution >= 4 is 17.7 Å². The maximum absolute atomic E-state index is 14.3. The maximum Gasteiger partial charge on any atom is 0.237 e. The minimum atomic E-state index is -0.803. The lowest BCUT2D eigenvalue weighted by molar-refractivity contribution is -0.136. The predicted octanol–water partition coefficient (Wildman–Crippen LogP) is 1.99. The quantitative estimate of drug-likeness (QED) is 0.519. The van der Waals surface area contributed by atoms with Crippen LogP contribution in [0.4, 0.5) is 13.2 Å². The highest BCUT2D eigenvalue weighted by molar-refractivity contribution is 5.86. The van der Waals surface area contributed by atoms with Crippen molar-refractivity contribution in [1.82, 2.24) is 15.1 Å². The van der Waals surface area contributed by atoms with Gasteiger partial charge in [0.25, 0.3) is 0 Å². The first-order valence-electron chi connectivity index (χ1n) is 11.7. The van der Waals surface area contributed by atoms with Crippen molar-refractivity contribution in [2.45, 2.75) is 37.8 Å². The van der Waals surface area contributed by atoms with Gasteiger partial charge in [0, 0.05) is 39.1 Å². The molecule has 2 atom stereocenters. The van der Waals surface area contributed by atoms with Gasteiger partial charge < -0.3 is 16.0 Å². The minimum absolute atomic E-state index is 0.0451. The number of rotatable bonds is 10. The summed E-state index contributed by atoms with van der Waals surface area (Å²) < 4.78 is 41.2. The highest BCUT2D eigenvalue weighted by atomic mass is 19.1. The monoisotopic (exact) mass is 503 g/mol. The summed E-state index contributed by atoms with van der Waals surface area (Å²) in [7, 11) is 1.46. The topological polar surface area (TPSA) is 95.7 Å². The number of amides is 3. The Kier molecular flexibility index (Phi) is 9.46. The molecule has 3 amide bonds. The molecule has 0 aromatic heterocycles. The fraction of sp³-hybridized carbons (Fsp3) is 0.385. The molecule has 0 aliphatic carbocycles. The molecule has 1 heterocycles. The lowest BCUT2D eigenvalue weighted by Crippen LogP contribution is -2.60. The van der Waals surface area contributed by atoms with E-state index in [1.807, 2.05) is 4.90 Å². The third kappa shape index (κ3) is 7.30. The molecule has 1 aliphatic heterocycles. The summed E-state index contributed by atoms with van der Waals surface area (Å²) in [6.45, 7) is 0.831. The number of nitrogens with one attached hydrogen (secondary N) is 1. The number of benzene rings is 2. The van der Waals surface area contributed by atoms with E-state index in [1.54, 1.807) is 17.0 Å². The second kappa shape index (κ2) is 12.5. The van der Waals surface area contributed by atoms with Crippen LogP contribution in [0.15, 0.2) is 42.5 Å². The maximum atomic E-state index is 14.3. The van der Waals surface area contributed by atoms with Gasteiger partial charge in [-0.2, -0.15) is 0 Å². The Labute approximate surface area is 208 Å². The average Bonchev–Trinajstić information content (AvgIpc) is 2.86. The predicted molar refractivity (Wildman–Crippen MR) is 128 cm³/mol. The van der Waals surface area contributed by atoms with Crippen molar-refractivity contribution in [2.75, 3.05) is 26.7 Å². The van der Waals surface area contributed by atoms with Gasteiger partial charge in [0.05, 0.1) is 12.5 Å². The molecule has 1 saturated heterocycles. The molecule has 1 radical (unpaired) electrons. The summed E-state index contributed by atoms with van der Waals surface area (Å²) in [5.74, 6) is -2.71. The van der Waals surface area contributed by atoms with Crippen molar-refractivity contribution in [3.63, 3.8) is 0 Å². The van der Waals surface area contributed by atoms with E-state index in [0.29, 0.717) is 13.0 Å². The standard InChI is InChI=1S/C26H30F3N4O3/c1-31-26(36)23(15-18-14-20(28)7-9-22(18)29)32-12-13-33(21(16-32)8-10-24(30)34)25(35)11-4-17-2-5-19(27)6-3-17/h2-3,5-7,9,11,14,21,23H,4,8,10,12-13,15-16H2,1H3,(H2,30,34)(H,31,36). The molecular weight excluding hydrogens is 473 g/mol. The fourth-order valence-corrected chi connectivity index (χ4v) is 4.41. The van der Waals surface area contributed by atoms with Crippen LogP contribution in [0.25, 0.3) is 0 Å². The molecule has 2 unspecified atom stereocenters. The smallest absolute Gasteiger partial charge is 0.237 e. The number of nitrogens with zero attached hydrogens (tertiary/aromatic N) is 2. The third-order valence-corrected chi connectivity index (χ3v) is 6.36. The van der Waals surface area contributed by atoms with Crippen LogP contribution in [-0.4, -0.2) is 66.3 Å². The van der Waals surface area contributed by atoms with Crippen LogP contribution in [0, 0.1) is 23.9 Å². The van der Waals surface area contributed by atoms with E-state index < -0.39 is 29.6 Å². The molecule has 10 heteroatoms. The van der Waals surface area contributed by atoms with Gasteiger partial charge in [0.2, 0.25) is 17.7 Å². The zero-order valence-electron chi connectivity index (χ0n) is 20.1. The van der Waals surface area contributed by atoms with Crippen LogP contribution in [0.1, 0.15) is 24.0 Å². The lowest BCUT2D eigenvalue weighted by Gasteiger charge is -2.44. The number of hydrogen-bond acceptors (Lipinski definition) is 4. The van der Waals surface area contributed by atoms with Gasteiger partial charge in [-0.15, -0.1) is 0 Å². The summed E-state index contributed by atoms with van der Waals surface area (Å²) >= 11 is 0. The molecule has 1 aliphatic rings. The number of primary amides is 1. The van der Waals surface area contributed by atoms with Crippen molar-refractivity contribution in [2.24, 2.45) is 5.73 Å². The minimum Gasteiger partial charge on any atom is -0.370 e. The Hall–Kier alpha value is -3.40. The number of likely N-dealkylation sites (N-methyl/N-ethyl adjacent to an activating group) is 1. The largest absolute Gasteiger partial charge is 0.370 e. The number of carbonyl (C=O) groups excluding carboxylic acids is 3. The van der Waals surface area contributed by atoms with Crippen molar-refractivity contribution in [1.29, 1.82) is 0 Å². The Morgan fingerprint density at radius 3 is 2.44 bits per heavy atom. The third-order valence-electron chi connectivity index (χ3n) is 6.36. The van der Waals surface area contributed by atoms with Gasteiger partial charge in [-0.25, -0.2) is 13.2 Å². The average molecular weight is 504 g/mol. The molecule has 2 aromatic carbocycles. The van der Waals surface area contributed by atoms with E-state index in [1.165, 1.54) is 25.6 Å². The first-order valence-corrected chi connectivity index (χ1v) is 11.7. The van der Waals surface area contributed by atoms with E-state index in [9.17, 15) is 27.6 Å². The highest BCUT2D eigenvalue weighted by Crippen LogP contribution is 2.22. The highest BCUT2D eigenvalue weighted by Gasteiger charge is 2.36. The van der Waals surface area contributed by atoms with Gasteiger partial charge in [0.1, 0.15) is 17.5 Å². The molecule has 36 heavy (non-hydrogen) atoms. The number of piperazine rings is 1. The second-order valence-corrected chi connectivity index (χ2v) is 8.79. The van der Waals surface area contributed by atoms with Crippen molar-refractivity contribution in [3.8, 4) is 0 Å². The van der Waals surface area contributed by atoms with E-state index in [2.05, 4.69) is 5.32 Å². The molecule has 3 N–H and O–H groups in total. The number of hydrogen-bond donors (Lipinski definition) is 2. The summed E-state index contributed by atoms with van der Waals surface area (Å²) in [6.07, 6.45) is 2.08. The molecule has 193 valence electrons. The van der Waals surface area contributed by atoms with Gasteiger partial charge >= 0.3 is 0 Å². The molecule has 1 fully saturated rings. The first kappa shape index (κ1) is 27.2. The van der Waals surface area contributed by atoms with Gasteiger partial charge in [-0.05, 0) is 60.7 Å². The lowest BCUT2D eigenvalue weighted by atomic mass is 9.98. The summed E-state index contributed by atoms with van der Waals surface area (Å²) in [5.41, 5.74) is 6.18. The number of nitrogens with two attached hydrogens (primary N) is 1. The van der Waals surface area contributed by atoms with E-state index >= 15 is 0 Å². The van der Waals surface area contributed by atoms with Crippen LogP contribution < -0.4 is 11.1 Å². The van der Waals surface area contributed by atoms with Crippen LogP contribution >= 0.6 is 0 Å². The first-order chi connectivity index (χ1) is 17.2. The molecule has 0 saturated carbocycles. The Morgan fingerprint density at radius 1 is 1.08 bits per heavy atom. The molecule has 0 spiro atoms. The fourth-order valence-electron chi connectivity index (χ4n) is 4.41. The van der Waals surface area contributed by atoms with Gasteiger partial charge in [0.15, 0.2) is 0 Å². The van der Waals surface area contributed by atoms with E-state index in [0.717, 1.165) is 23.8 Å². The normalized spacial score (nSPS) is 17.0. The summed E-state index contributed by atoms with van der Waals surface area (Å²) in [6, 6.07) is 7.72. The molecular formula is C26H30F3N4O3. The van der Waals surface area contributed by atoms with Crippen LogP contribution in [0.2, 0.25) is 0 Å². The zero-order chi connectivity index (χ0) is 26.2. The van der Waals surface area contributed by atoms with E-state index in [-0.39, 0.29) is 55.5 Å². The summed E-state index contributed by atoms with van der Waals surface area (Å²) in [4.78, 5) is 40.7. The number of carbonyl (C=O) groups is 3. The molecule has 3 rings (SSSR count). The second-order valence-electron chi connectivity index (χ2n) is 8.79. The van der Waals surface area contributed by atoms with Crippen molar-refractivity contribution in [3.05, 3.63) is 77.5 Å². The van der Waals surface area contributed by atoms with Gasteiger partial charge in [-0.3, -0.25) is 19.3 Å². The Balaban J connectivity index is 1.74. The SMILES string of the molecule is CNC(=O)C(Cc1cc(F)ccc1F)N1CCN(C(=O)[CH]Cc2ccc(F)cc2)C(CCC(N)=O)C1. The molecule has 0 bridgehead atoms. The van der Waals surface area contributed by atoms with Crippen LogP contribution in [-0.2, 0) is 27.2 Å². The Morgan fingerprint density at radius 2 is 1.78 bits per heavy atom. The van der Waals surface area contributed by atoms with Crippen molar-refractivity contribution < 1.29 is 27.6 Å². The molecule has 2 aromatic rings. The van der Waals surface area contributed by atoms with Crippen LogP contribution in [0.5, 0.6) is 0 Å². The summed E-state index contributed by atoms with van der Waals surface area (Å²) in [5, 5.41) is 2.57. The zero-order valence-corrected chi connectivity index (χ0v) is 20.1. The van der Waals surface area contributed by atoms with Crippen LogP contribution in [0.3, 0.4) is 0 Å². The van der Waals surface area contributed by atoms with E-state index in [4.69, 9.17) is 5.73 Å².